The van der Waals surface area contributed by atoms with Crippen molar-refractivity contribution >= 4 is 29.5 Å². The second kappa shape index (κ2) is 9.32. The van der Waals surface area contributed by atoms with Crippen molar-refractivity contribution in [1.82, 2.24) is 0 Å². The molecule has 26 heavy (non-hydrogen) atoms. The van der Waals surface area contributed by atoms with Crippen molar-refractivity contribution in [2.75, 3.05) is 0 Å². The second-order valence-corrected chi connectivity index (χ2v) is 7.67. The van der Waals surface area contributed by atoms with Gasteiger partial charge in [0, 0.05) is 31.2 Å². The third-order valence-corrected chi connectivity index (χ3v) is 5.63. The molecule has 0 aliphatic rings. The first-order valence-electron chi connectivity index (χ1n) is 8.12. The lowest BCUT2D eigenvalue weighted by molar-refractivity contribution is -0.139. The quantitative estimate of drug-likeness (QED) is 0.360. The Morgan fingerprint density at radius 3 is 2.08 bits per heavy atom. The number of hydrogen-bond donors (Lipinski definition) is 0. The predicted molar refractivity (Wildman–Crippen MR) is 108 cm³/mol. The van der Waals surface area contributed by atoms with Crippen LogP contribution >= 0.6 is 23.5 Å². The molecule has 0 atom stereocenters. The topological polar surface area (TPSA) is 26.3 Å². The van der Waals surface area contributed by atoms with E-state index in [-0.39, 0.29) is 6.61 Å². The fourth-order valence-electron chi connectivity index (χ4n) is 2.26. The Morgan fingerprint density at radius 2 is 1.46 bits per heavy atom. The van der Waals surface area contributed by atoms with Crippen LogP contribution in [0.4, 0.5) is 0 Å². The van der Waals surface area contributed by atoms with E-state index in [1.165, 1.54) is 11.0 Å². The van der Waals surface area contributed by atoms with Crippen LogP contribution in [-0.4, -0.2) is 5.97 Å². The van der Waals surface area contributed by atoms with E-state index in [1.807, 2.05) is 42.5 Å². The number of esters is 1. The molecule has 0 aliphatic carbocycles. The molecule has 0 fully saturated rings. The fraction of sp³-hybridized carbons (Fsp3) is 0.0455. The molecule has 0 spiro atoms. The van der Waals surface area contributed by atoms with Crippen molar-refractivity contribution in [1.29, 1.82) is 0 Å². The van der Waals surface area contributed by atoms with Crippen LogP contribution in [0, 0.1) is 0 Å². The van der Waals surface area contributed by atoms with Crippen molar-refractivity contribution in [2.45, 2.75) is 26.2 Å². The zero-order valence-corrected chi connectivity index (χ0v) is 15.8. The van der Waals surface area contributed by atoms with E-state index >= 15 is 0 Å². The van der Waals surface area contributed by atoms with Gasteiger partial charge in [0.1, 0.15) is 6.61 Å². The standard InChI is InChI=1S/C22H18O2S2/c1-2-22(23)24-16-17-13-14-20(25-18-9-5-3-6-10-18)15-21(17)26-19-11-7-4-8-12-19/h2-15H,1,16H2. The summed E-state index contributed by atoms with van der Waals surface area (Å²) in [5, 5.41) is 0. The lowest BCUT2D eigenvalue weighted by Gasteiger charge is -2.12. The molecule has 0 saturated carbocycles. The van der Waals surface area contributed by atoms with Crippen molar-refractivity contribution in [3.05, 3.63) is 97.1 Å². The van der Waals surface area contributed by atoms with E-state index in [2.05, 4.69) is 43.0 Å². The van der Waals surface area contributed by atoms with Gasteiger partial charge in [-0.05, 0) is 36.4 Å². The molecule has 0 unspecified atom stereocenters. The van der Waals surface area contributed by atoms with Crippen LogP contribution in [0.3, 0.4) is 0 Å². The van der Waals surface area contributed by atoms with Gasteiger partial charge >= 0.3 is 5.97 Å². The molecular weight excluding hydrogens is 360 g/mol. The van der Waals surface area contributed by atoms with Crippen molar-refractivity contribution in [3.63, 3.8) is 0 Å². The Kier molecular flexibility index (Phi) is 6.58. The summed E-state index contributed by atoms with van der Waals surface area (Å²) >= 11 is 3.38. The van der Waals surface area contributed by atoms with Crippen molar-refractivity contribution in [2.24, 2.45) is 0 Å². The van der Waals surface area contributed by atoms with Crippen LogP contribution in [-0.2, 0) is 16.1 Å². The Bertz CT molecular complexity index is 877. The van der Waals surface area contributed by atoms with Gasteiger partial charge in [-0.1, -0.05) is 72.6 Å². The van der Waals surface area contributed by atoms with Gasteiger partial charge in [-0.15, -0.1) is 0 Å². The number of hydrogen-bond acceptors (Lipinski definition) is 4. The molecule has 0 N–H and O–H groups in total. The summed E-state index contributed by atoms with van der Waals surface area (Å²) in [6.07, 6.45) is 1.18. The van der Waals surface area contributed by atoms with E-state index in [0.717, 1.165) is 20.2 Å². The first kappa shape index (κ1) is 18.4. The molecule has 0 aromatic heterocycles. The first-order chi connectivity index (χ1) is 12.7. The number of carbonyl (C=O) groups is 1. The highest BCUT2D eigenvalue weighted by Gasteiger charge is 2.09. The van der Waals surface area contributed by atoms with E-state index < -0.39 is 5.97 Å². The molecule has 0 bridgehead atoms. The zero-order valence-electron chi connectivity index (χ0n) is 14.1. The largest absolute Gasteiger partial charge is 0.458 e. The number of benzene rings is 3. The van der Waals surface area contributed by atoms with E-state index in [0.29, 0.717) is 0 Å². The van der Waals surface area contributed by atoms with Gasteiger partial charge in [-0.2, -0.15) is 0 Å². The maximum atomic E-state index is 11.4. The molecule has 0 radical (unpaired) electrons. The summed E-state index contributed by atoms with van der Waals surface area (Å²) in [5.74, 6) is -0.414. The van der Waals surface area contributed by atoms with Gasteiger partial charge in [-0.3, -0.25) is 0 Å². The summed E-state index contributed by atoms with van der Waals surface area (Å²) in [5.41, 5.74) is 0.978. The van der Waals surface area contributed by atoms with Crippen LogP contribution in [0.2, 0.25) is 0 Å². The highest BCUT2D eigenvalue weighted by Crippen LogP contribution is 2.36. The van der Waals surface area contributed by atoms with Gasteiger partial charge in [-0.25, -0.2) is 4.79 Å². The molecule has 0 heterocycles. The minimum absolute atomic E-state index is 0.232. The van der Waals surface area contributed by atoms with Crippen LogP contribution in [0.5, 0.6) is 0 Å². The molecule has 4 heteroatoms. The maximum absolute atomic E-state index is 11.4. The normalized spacial score (nSPS) is 10.3. The molecule has 130 valence electrons. The van der Waals surface area contributed by atoms with Crippen molar-refractivity contribution in [3.8, 4) is 0 Å². The second-order valence-electron chi connectivity index (χ2n) is 5.41. The lowest BCUT2D eigenvalue weighted by Crippen LogP contribution is -2.01. The third kappa shape index (κ3) is 5.28. The summed E-state index contributed by atoms with van der Waals surface area (Å²) in [6, 6.07) is 26.7. The molecule has 0 aliphatic heterocycles. The molecule has 3 aromatic carbocycles. The number of carbonyl (C=O) groups excluding carboxylic acids is 1. The summed E-state index contributed by atoms with van der Waals surface area (Å²) in [4.78, 5) is 16.0. The van der Waals surface area contributed by atoms with Crippen LogP contribution in [0.25, 0.3) is 0 Å². The Balaban J connectivity index is 1.85. The molecule has 3 rings (SSSR count). The van der Waals surface area contributed by atoms with E-state index in [4.69, 9.17) is 4.74 Å². The van der Waals surface area contributed by atoms with Crippen LogP contribution in [0.15, 0.2) is 111 Å². The Labute approximate surface area is 162 Å². The maximum Gasteiger partial charge on any atom is 0.330 e. The number of ether oxygens (including phenoxy) is 1. The zero-order chi connectivity index (χ0) is 18.2. The average Bonchev–Trinajstić information content (AvgIpc) is 2.69. The molecule has 0 saturated heterocycles. The smallest absolute Gasteiger partial charge is 0.330 e. The van der Waals surface area contributed by atoms with E-state index in [1.54, 1.807) is 23.5 Å². The predicted octanol–water partition coefficient (Wildman–Crippen LogP) is 6.22. The monoisotopic (exact) mass is 378 g/mol. The summed E-state index contributed by atoms with van der Waals surface area (Å²) in [6.45, 7) is 3.67. The highest BCUT2D eigenvalue weighted by molar-refractivity contribution is 8.00. The average molecular weight is 379 g/mol. The van der Waals surface area contributed by atoms with Crippen molar-refractivity contribution < 1.29 is 9.53 Å². The van der Waals surface area contributed by atoms with Gasteiger partial charge in [0.25, 0.3) is 0 Å². The summed E-state index contributed by atoms with van der Waals surface area (Å²) < 4.78 is 5.24. The highest BCUT2D eigenvalue weighted by atomic mass is 32.2. The van der Waals surface area contributed by atoms with Gasteiger partial charge in [0.2, 0.25) is 0 Å². The van der Waals surface area contributed by atoms with Crippen LogP contribution < -0.4 is 0 Å². The fourth-order valence-corrected chi connectivity index (χ4v) is 4.20. The Hall–Kier alpha value is -2.43. The summed E-state index contributed by atoms with van der Waals surface area (Å²) in [7, 11) is 0. The lowest BCUT2D eigenvalue weighted by atomic mass is 10.2. The Morgan fingerprint density at radius 1 is 0.846 bits per heavy atom. The number of rotatable bonds is 7. The molecule has 3 aromatic rings. The minimum Gasteiger partial charge on any atom is -0.458 e. The van der Waals surface area contributed by atoms with E-state index in [9.17, 15) is 4.79 Å². The molecule has 0 amide bonds. The molecular formula is C22H18O2S2. The van der Waals surface area contributed by atoms with Gasteiger partial charge in [0.15, 0.2) is 0 Å². The van der Waals surface area contributed by atoms with Gasteiger partial charge < -0.3 is 4.74 Å². The molecule has 2 nitrogen and oxygen atoms in total. The third-order valence-electron chi connectivity index (χ3n) is 3.53. The van der Waals surface area contributed by atoms with Crippen LogP contribution in [0.1, 0.15) is 5.56 Å². The van der Waals surface area contributed by atoms with Gasteiger partial charge in [0.05, 0.1) is 0 Å². The first-order valence-corrected chi connectivity index (χ1v) is 9.76. The minimum atomic E-state index is -0.414. The SMILES string of the molecule is C=CC(=O)OCc1ccc(Sc2ccccc2)cc1Sc1ccccc1.